The molecular weight excluding hydrogens is 528 g/mol. The molecule has 7 aromatic carbocycles. The SMILES string of the molecule is C1=CC2=CC=C(c3c4ccccc4c(-c4cccc5ccccc45)c4ccccc34)CC2C=C1c1ccc2ccccc2c1. The summed E-state index contributed by atoms with van der Waals surface area (Å²) in [6.45, 7) is 0. The van der Waals surface area contributed by atoms with Gasteiger partial charge in [0.2, 0.25) is 0 Å². The Morgan fingerprint density at radius 1 is 0.455 bits per heavy atom. The second kappa shape index (κ2) is 10.1. The lowest BCUT2D eigenvalue weighted by molar-refractivity contribution is 0.796. The summed E-state index contributed by atoms with van der Waals surface area (Å²) in [5.74, 6) is 0.344. The summed E-state index contributed by atoms with van der Waals surface area (Å²) in [6.07, 6.45) is 12.8. The van der Waals surface area contributed by atoms with Crippen molar-refractivity contribution in [3.8, 4) is 11.1 Å². The van der Waals surface area contributed by atoms with Crippen molar-refractivity contribution in [1.29, 1.82) is 0 Å². The fourth-order valence-corrected chi connectivity index (χ4v) is 7.49. The maximum Gasteiger partial charge on any atom is 0.00678 e. The van der Waals surface area contributed by atoms with Crippen LogP contribution in [0.2, 0.25) is 0 Å². The van der Waals surface area contributed by atoms with Crippen LogP contribution in [0.3, 0.4) is 0 Å². The van der Waals surface area contributed by atoms with Crippen LogP contribution in [-0.2, 0) is 0 Å². The van der Waals surface area contributed by atoms with Crippen LogP contribution >= 0.6 is 0 Å². The van der Waals surface area contributed by atoms with Crippen molar-refractivity contribution < 1.29 is 0 Å². The van der Waals surface area contributed by atoms with Crippen LogP contribution in [0, 0.1) is 5.92 Å². The van der Waals surface area contributed by atoms with Crippen molar-refractivity contribution in [1.82, 2.24) is 0 Å². The molecule has 0 amide bonds. The van der Waals surface area contributed by atoms with E-state index in [1.54, 1.807) is 0 Å². The molecule has 0 bridgehead atoms. The summed E-state index contributed by atoms with van der Waals surface area (Å²) in [5.41, 5.74) is 9.36. The fourth-order valence-electron chi connectivity index (χ4n) is 7.49. The standard InChI is InChI=1S/C44H30/c1-2-12-32-26-33(23-20-29(32)10-1)34-24-21-30-22-25-35(28-36(30)27-34)43-39-15-5-7-17-41(39)44(42-18-8-6-16-40(42)43)38-19-9-13-31-11-3-4-14-37(31)38/h1-27,36H,28H2. The molecule has 0 spiro atoms. The molecule has 0 heterocycles. The second-order valence-corrected chi connectivity index (χ2v) is 12.1. The van der Waals surface area contributed by atoms with E-state index in [9.17, 15) is 0 Å². The van der Waals surface area contributed by atoms with Crippen molar-refractivity contribution in [2.45, 2.75) is 6.42 Å². The molecular formula is C44H30. The third-order valence-corrected chi connectivity index (χ3v) is 9.58. The van der Waals surface area contributed by atoms with Crippen molar-refractivity contribution in [2.75, 3.05) is 0 Å². The van der Waals surface area contributed by atoms with Gasteiger partial charge >= 0.3 is 0 Å². The molecule has 0 N–H and O–H groups in total. The van der Waals surface area contributed by atoms with E-state index in [-0.39, 0.29) is 0 Å². The van der Waals surface area contributed by atoms with Crippen LogP contribution in [0.5, 0.6) is 0 Å². The molecule has 0 saturated carbocycles. The molecule has 0 aromatic heterocycles. The first-order valence-electron chi connectivity index (χ1n) is 15.5. The van der Waals surface area contributed by atoms with Gasteiger partial charge in [-0.1, -0.05) is 158 Å². The first-order valence-corrected chi connectivity index (χ1v) is 15.5. The predicted octanol–water partition coefficient (Wildman–Crippen LogP) is 11.9. The van der Waals surface area contributed by atoms with Crippen molar-refractivity contribution >= 4 is 54.2 Å². The highest BCUT2D eigenvalue weighted by atomic mass is 14.3. The van der Waals surface area contributed by atoms with Crippen LogP contribution in [0.25, 0.3) is 65.4 Å². The summed E-state index contributed by atoms with van der Waals surface area (Å²) < 4.78 is 0. The first-order chi connectivity index (χ1) is 21.8. The average molecular weight is 559 g/mol. The lowest BCUT2D eigenvalue weighted by atomic mass is 9.77. The van der Waals surface area contributed by atoms with Crippen molar-refractivity contribution in [2.24, 2.45) is 5.92 Å². The van der Waals surface area contributed by atoms with E-state index >= 15 is 0 Å². The Morgan fingerprint density at radius 2 is 1.07 bits per heavy atom. The van der Waals surface area contributed by atoms with Crippen molar-refractivity contribution in [3.05, 3.63) is 181 Å². The van der Waals surface area contributed by atoms with Gasteiger partial charge in [-0.05, 0) is 94.6 Å². The second-order valence-electron chi connectivity index (χ2n) is 12.1. The van der Waals surface area contributed by atoms with E-state index in [0.717, 1.165) is 6.42 Å². The van der Waals surface area contributed by atoms with Crippen molar-refractivity contribution in [3.63, 3.8) is 0 Å². The largest absolute Gasteiger partial charge is 0.0688 e. The van der Waals surface area contributed by atoms with Gasteiger partial charge < -0.3 is 0 Å². The molecule has 0 saturated heterocycles. The monoisotopic (exact) mass is 558 g/mol. The van der Waals surface area contributed by atoms with E-state index in [1.165, 1.54) is 82.1 Å². The molecule has 0 heteroatoms. The van der Waals surface area contributed by atoms with Gasteiger partial charge in [-0.25, -0.2) is 0 Å². The minimum absolute atomic E-state index is 0.344. The Hall–Kier alpha value is -5.46. The van der Waals surface area contributed by atoms with Gasteiger partial charge in [0.25, 0.3) is 0 Å². The Balaban J connectivity index is 1.21. The molecule has 206 valence electrons. The third-order valence-electron chi connectivity index (χ3n) is 9.58. The summed E-state index contributed by atoms with van der Waals surface area (Å²) in [4.78, 5) is 0. The average Bonchev–Trinajstić information content (AvgIpc) is 3.09. The lowest BCUT2D eigenvalue weighted by Crippen LogP contribution is -2.09. The third kappa shape index (κ3) is 3.99. The maximum absolute atomic E-state index is 2.48. The highest BCUT2D eigenvalue weighted by molar-refractivity contribution is 6.21. The van der Waals surface area contributed by atoms with E-state index < -0.39 is 0 Å². The van der Waals surface area contributed by atoms with E-state index in [0.29, 0.717) is 5.92 Å². The Morgan fingerprint density at radius 3 is 1.82 bits per heavy atom. The number of hydrogen-bond donors (Lipinski definition) is 0. The minimum atomic E-state index is 0.344. The molecule has 0 radical (unpaired) electrons. The molecule has 9 rings (SSSR count). The maximum atomic E-state index is 2.48. The Bertz CT molecular complexity index is 2350. The van der Waals surface area contributed by atoms with Gasteiger partial charge in [0.15, 0.2) is 0 Å². The van der Waals surface area contributed by atoms with Gasteiger partial charge in [0.1, 0.15) is 0 Å². The molecule has 2 aliphatic carbocycles. The zero-order valence-electron chi connectivity index (χ0n) is 24.4. The Kier molecular flexibility index (Phi) is 5.74. The van der Waals surface area contributed by atoms with Gasteiger partial charge in [-0.3, -0.25) is 0 Å². The summed E-state index contributed by atoms with van der Waals surface area (Å²) in [7, 11) is 0. The predicted molar refractivity (Wildman–Crippen MR) is 190 cm³/mol. The van der Waals surface area contributed by atoms with E-state index in [4.69, 9.17) is 0 Å². The van der Waals surface area contributed by atoms with Crippen LogP contribution in [0.1, 0.15) is 17.5 Å². The first kappa shape index (κ1) is 25.1. The number of fused-ring (bicyclic) bond motifs is 5. The van der Waals surface area contributed by atoms with Crippen LogP contribution in [0.15, 0.2) is 169 Å². The van der Waals surface area contributed by atoms with Gasteiger partial charge in [-0.2, -0.15) is 0 Å². The molecule has 1 atom stereocenters. The van der Waals surface area contributed by atoms with E-state index in [2.05, 4.69) is 164 Å². The highest BCUT2D eigenvalue weighted by Gasteiger charge is 2.24. The topological polar surface area (TPSA) is 0 Å². The number of rotatable bonds is 3. The van der Waals surface area contributed by atoms with Crippen LogP contribution in [0.4, 0.5) is 0 Å². The van der Waals surface area contributed by atoms with Gasteiger partial charge in [-0.15, -0.1) is 0 Å². The minimum Gasteiger partial charge on any atom is -0.0688 e. The molecule has 7 aromatic rings. The van der Waals surface area contributed by atoms with Crippen LogP contribution in [-0.4, -0.2) is 0 Å². The van der Waals surface area contributed by atoms with Gasteiger partial charge in [0, 0.05) is 5.92 Å². The van der Waals surface area contributed by atoms with Gasteiger partial charge in [0.05, 0.1) is 0 Å². The molecule has 0 nitrogen and oxygen atoms in total. The summed E-state index contributed by atoms with van der Waals surface area (Å²) in [6, 6.07) is 48.9. The lowest BCUT2D eigenvalue weighted by Gasteiger charge is -2.27. The number of hydrogen-bond acceptors (Lipinski definition) is 0. The normalized spacial score (nSPS) is 16.2. The summed E-state index contributed by atoms with van der Waals surface area (Å²) in [5, 5.41) is 10.4. The molecule has 44 heavy (non-hydrogen) atoms. The zero-order valence-corrected chi connectivity index (χ0v) is 24.4. The molecule has 0 aliphatic heterocycles. The summed E-state index contributed by atoms with van der Waals surface area (Å²) >= 11 is 0. The fraction of sp³-hybridized carbons (Fsp3) is 0.0455. The highest BCUT2D eigenvalue weighted by Crippen LogP contribution is 2.46. The number of benzene rings is 7. The molecule has 0 fully saturated rings. The quantitative estimate of drug-likeness (QED) is 0.189. The van der Waals surface area contributed by atoms with E-state index in [1.807, 2.05) is 0 Å². The van der Waals surface area contributed by atoms with Crippen LogP contribution < -0.4 is 0 Å². The Labute approximate surface area is 257 Å². The zero-order chi connectivity index (χ0) is 29.0. The molecule has 1 unspecified atom stereocenters. The number of allylic oxidation sites excluding steroid dienone is 8. The molecule has 2 aliphatic rings. The smallest absolute Gasteiger partial charge is 0.00678 e.